The second kappa shape index (κ2) is 8.51. The third-order valence-electron chi connectivity index (χ3n) is 7.52. The van der Waals surface area contributed by atoms with Crippen molar-refractivity contribution in [2.75, 3.05) is 0 Å². The Kier molecular flexibility index (Phi) is 7.19. The molecule has 4 heteroatoms. The fourth-order valence-corrected chi connectivity index (χ4v) is 5.93. The molecule has 3 N–H and O–H groups in total. The molecule has 4 nitrogen and oxygen atoms in total. The van der Waals surface area contributed by atoms with Crippen molar-refractivity contribution >= 4 is 5.78 Å². The van der Waals surface area contributed by atoms with E-state index in [2.05, 4.69) is 6.92 Å². The molecule has 0 aliphatic heterocycles. The summed E-state index contributed by atoms with van der Waals surface area (Å²) in [6.45, 7) is 9.21. The van der Waals surface area contributed by atoms with Gasteiger partial charge in [-0.25, -0.2) is 0 Å². The molecule has 0 aromatic carbocycles. The minimum absolute atomic E-state index is 0.0848. The van der Waals surface area contributed by atoms with E-state index in [1.807, 2.05) is 13.8 Å². The van der Waals surface area contributed by atoms with Gasteiger partial charge in [-0.05, 0) is 89.4 Å². The number of aliphatic hydroxyl groups excluding tert-OH is 1. The van der Waals surface area contributed by atoms with Gasteiger partial charge < -0.3 is 15.3 Å². The largest absolute Gasteiger partial charge is 0.393 e. The summed E-state index contributed by atoms with van der Waals surface area (Å²) >= 11 is 0. The van der Waals surface area contributed by atoms with Crippen LogP contribution in [0.15, 0.2) is 0 Å². The fourth-order valence-electron chi connectivity index (χ4n) is 5.93. The summed E-state index contributed by atoms with van der Waals surface area (Å²) < 4.78 is 0. The summed E-state index contributed by atoms with van der Waals surface area (Å²) in [5, 5.41) is 30.6. The van der Waals surface area contributed by atoms with Crippen LogP contribution in [-0.4, -0.2) is 38.4 Å². The molecule has 2 rings (SSSR count). The molecule has 0 aromatic rings. The van der Waals surface area contributed by atoms with E-state index in [0.29, 0.717) is 24.2 Å². The molecule has 2 saturated carbocycles. The second-order valence-electron chi connectivity index (χ2n) is 10.7. The summed E-state index contributed by atoms with van der Waals surface area (Å²) in [7, 11) is 0. The molecule has 5 atom stereocenters. The lowest BCUT2D eigenvalue weighted by molar-refractivity contribution is -0.134. The number of carbonyl (C=O) groups excluding carboxylic acids is 1. The molecule has 0 amide bonds. The van der Waals surface area contributed by atoms with E-state index in [4.69, 9.17) is 0 Å². The van der Waals surface area contributed by atoms with Gasteiger partial charge in [0, 0.05) is 6.42 Å². The number of carbonyl (C=O) groups is 1. The van der Waals surface area contributed by atoms with Crippen molar-refractivity contribution in [2.24, 2.45) is 23.2 Å². The van der Waals surface area contributed by atoms with E-state index in [9.17, 15) is 20.1 Å². The zero-order valence-electron chi connectivity index (χ0n) is 18.1. The van der Waals surface area contributed by atoms with Gasteiger partial charge in [-0.15, -0.1) is 0 Å². The maximum Gasteiger partial charge on any atom is 0.163 e. The second-order valence-corrected chi connectivity index (χ2v) is 10.7. The van der Waals surface area contributed by atoms with Crippen LogP contribution in [0, 0.1) is 23.2 Å². The van der Waals surface area contributed by atoms with E-state index >= 15 is 0 Å². The van der Waals surface area contributed by atoms with Gasteiger partial charge in [-0.3, -0.25) is 4.79 Å². The Balaban J connectivity index is 2.09. The Labute approximate surface area is 165 Å². The van der Waals surface area contributed by atoms with Crippen LogP contribution in [0.5, 0.6) is 0 Å². The molecule has 0 bridgehead atoms. The van der Waals surface area contributed by atoms with Crippen LogP contribution in [0.3, 0.4) is 0 Å². The highest BCUT2D eigenvalue weighted by molar-refractivity contribution is 5.86. The van der Waals surface area contributed by atoms with E-state index in [1.54, 1.807) is 13.8 Å². The average molecular weight is 383 g/mol. The quantitative estimate of drug-likeness (QED) is 0.557. The standard InChI is InChI=1S/C23H42O4/c1-21(2,26)14-6-8-16(10-13-20(25)22(3,4)27)17-11-12-18-19(24)9-7-15-23(17,18)5/h16-19,24,26-27H,6-15H2,1-5H3/t16?,17-,18+,19+,23-/m1/s1. The molecular formula is C23H42O4. The van der Waals surface area contributed by atoms with Crippen LogP contribution in [0.25, 0.3) is 0 Å². The minimum atomic E-state index is -1.26. The van der Waals surface area contributed by atoms with Crippen molar-refractivity contribution < 1.29 is 20.1 Å². The first-order valence-electron chi connectivity index (χ1n) is 11.0. The van der Waals surface area contributed by atoms with Crippen molar-refractivity contribution in [3.05, 3.63) is 0 Å². The first kappa shape index (κ1) is 22.8. The molecule has 1 unspecified atom stereocenters. The van der Waals surface area contributed by atoms with Gasteiger partial charge >= 0.3 is 0 Å². The summed E-state index contributed by atoms with van der Waals surface area (Å²) in [5.74, 6) is 1.24. The van der Waals surface area contributed by atoms with E-state index in [1.165, 1.54) is 6.42 Å². The first-order valence-corrected chi connectivity index (χ1v) is 11.0. The number of rotatable bonds is 9. The average Bonchev–Trinajstić information content (AvgIpc) is 2.86. The summed E-state index contributed by atoms with van der Waals surface area (Å²) in [6.07, 6.45) is 9.15. The Hall–Kier alpha value is -0.450. The maximum absolute atomic E-state index is 12.3. The SMILES string of the molecule is CC(C)(O)CCCC(CCC(=O)C(C)(C)O)[C@H]1CC[C@H]2[C@@H](O)CCC[C@]12C. The third kappa shape index (κ3) is 5.77. The highest BCUT2D eigenvalue weighted by atomic mass is 16.3. The molecule has 0 spiro atoms. The lowest BCUT2D eigenvalue weighted by atomic mass is 9.60. The van der Waals surface area contributed by atoms with Crippen molar-refractivity contribution in [1.29, 1.82) is 0 Å². The van der Waals surface area contributed by atoms with Crippen LogP contribution in [-0.2, 0) is 4.79 Å². The van der Waals surface area contributed by atoms with Gasteiger partial charge in [0.2, 0.25) is 0 Å². The third-order valence-corrected chi connectivity index (χ3v) is 7.52. The number of hydrogen-bond acceptors (Lipinski definition) is 4. The number of aliphatic hydroxyl groups is 3. The summed E-state index contributed by atoms with van der Waals surface area (Å²) in [6, 6.07) is 0. The highest BCUT2D eigenvalue weighted by Crippen LogP contribution is 2.59. The molecule has 0 radical (unpaired) electrons. The molecule has 27 heavy (non-hydrogen) atoms. The summed E-state index contributed by atoms with van der Waals surface area (Å²) in [4.78, 5) is 12.3. The molecule has 0 saturated heterocycles. The van der Waals surface area contributed by atoms with Crippen LogP contribution < -0.4 is 0 Å². The number of Topliss-reactive ketones (excluding diaryl/α,β-unsaturated/α-hetero) is 1. The van der Waals surface area contributed by atoms with Crippen molar-refractivity contribution in [1.82, 2.24) is 0 Å². The van der Waals surface area contributed by atoms with Gasteiger partial charge in [0.25, 0.3) is 0 Å². The molecule has 158 valence electrons. The van der Waals surface area contributed by atoms with Gasteiger partial charge in [-0.2, -0.15) is 0 Å². The van der Waals surface area contributed by atoms with E-state index in [-0.39, 0.29) is 17.3 Å². The Bertz CT molecular complexity index is 501. The van der Waals surface area contributed by atoms with Crippen molar-refractivity contribution in [3.8, 4) is 0 Å². The molecule has 2 aliphatic carbocycles. The normalized spacial score (nSPS) is 33.0. The number of hydrogen-bond donors (Lipinski definition) is 3. The van der Waals surface area contributed by atoms with Gasteiger partial charge in [0.1, 0.15) is 5.60 Å². The molecule has 0 heterocycles. The smallest absolute Gasteiger partial charge is 0.163 e. The van der Waals surface area contributed by atoms with Crippen LogP contribution in [0.2, 0.25) is 0 Å². The lowest BCUT2D eigenvalue weighted by Crippen LogP contribution is -2.42. The predicted octanol–water partition coefficient (Wildman–Crippen LogP) is 4.24. The Morgan fingerprint density at radius 2 is 1.78 bits per heavy atom. The Morgan fingerprint density at radius 3 is 2.37 bits per heavy atom. The molecule has 0 aromatic heterocycles. The van der Waals surface area contributed by atoms with Gasteiger partial charge in [0.05, 0.1) is 11.7 Å². The zero-order chi connectivity index (χ0) is 20.5. The zero-order valence-corrected chi connectivity index (χ0v) is 18.1. The number of ketones is 1. The van der Waals surface area contributed by atoms with Crippen molar-refractivity contribution in [2.45, 2.75) is 116 Å². The van der Waals surface area contributed by atoms with Crippen LogP contribution in [0.1, 0.15) is 98.8 Å². The highest BCUT2D eigenvalue weighted by Gasteiger charge is 2.52. The molecular weight excluding hydrogens is 340 g/mol. The maximum atomic E-state index is 12.3. The van der Waals surface area contributed by atoms with E-state index in [0.717, 1.165) is 51.4 Å². The lowest BCUT2D eigenvalue weighted by Gasteiger charge is -2.46. The topological polar surface area (TPSA) is 77.8 Å². The van der Waals surface area contributed by atoms with Crippen LogP contribution in [0.4, 0.5) is 0 Å². The van der Waals surface area contributed by atoms with Crippen molar-refractivity contribution in [3.63, 3.8) is 0 Å². The minimum Gasteiger partial charge on any atom is -0.393 e. The van der Waals surface area contributed by atoms with Crippen LogP contribution >= 0.6 is 0 Å². The fraction of sp³-hybridized carbons (Fsp3) is 0.957. The van der Waals surface area contributed by atoms with Gasteiger partial charge in [-0.1, -0.05) is 26.2 Å². The summed E-state index contributed by atoms with van der Waals surface area (Å²) in [5.41, 5.74) is -1.76. The van der Waals surface area contributed by atoms with Gasteiger partial charge in [0.15, 0.2) is 5.78 Å². The Morgan fingerprint density at radius 1 is 1.11 bits per heavy atom. The number of fused-ring (bicyclic) bond motifs is 1. The predicted molar refractivity (Wildman–Crippen MR) is 108 cm³/mol. The van der Waals surface area contributed by atoms with E-state index < -0.39 is 11.2 Å². The monoisotopic (exact) mass is 382 g/mol. The molecule has 2 aliphatic rings. The first-order chi connectivity index (χ1) is 12.3. The molecule has 2 fully saturated rings.